The maximum Gasteiger partial charge on any atom is 0.248 e. The second-order valence-corrected chi connectivity index (χ2v) is 10.9. The molecule has 0 aromatic carbocycles. The van der Waals surface area contributed by atoms with Gasteiger partial charge in [-0.2, -0.15) is 0 Å². The van der Waals surface area contributed by atoms with Gasteiger partial charge in [0, 0.05) is 26.2 Å². The van der Waals surface area contributed by atoms with E-state index >= 15 is 0 Å². The number of rotatable bonds is 13. The number of hydrogen-bond acceptors (Lipinski definition) is 5. The highest BCUT2D eigenvalue weighted by molar-refractivity contribution is 5.99. The molecule has 1 spiro atoms. The van der Waals surface area contributed by atoms with Crippen LogP contribution in [-0.2, 0) is 19.1 Å². The first-order valence-electron chi connectivity index (χ1n) is 13.5. The highest BCUT2D eigenvalue weighted by Crippen LogP contribution is 2.59. The first kappa shape index (κ1) is 28.4. The SMILES string of the molecule is C=CCN(C)C(=O)[C@@H]1[C@@H]2CCC3(O2)C(C(=O)N(CC=C)C(C)CCC)N([C@@H](CO)[C@@H](C)CC)C(=O)[C@H]13. The minimum absolute atomic E-state index is 0.0276. The van der Waals surface area contributed by atoms with E-state index in [4.69, 9.17) is 4.74 Å². The Hall–Kier alpha value is -2.19. The smallest absolute Gasteiger partial charge is 0.248 e. The third-order valence-corrected chi connectivity index (χ3v) is 8.73. The lowest BCUT2D eigenvalue weighted by Gasteiger charge is -2.42. The van der Waals surface area contributed by atoms with Gasteiger partial charge in [0.2, 0.25) is 17.7 Å². The molecule has 1 N–H and O–H groups in total. The summed E-state index contributed by atoms with van der Waals surface area (Å²) < 4.78 is 6.57. The zero-order valence-corrected chi connectivity index (χ0v) is 22.7. The van der Waals surface area contributed by atoms with E-state index in [1.165, 1.54) is 0 Å². The average molecular weight is 504 g/mol. The van der Waals surface area contributed by atoms with Crippen molar-refractivity contribution in [2.75, 3.05) is 26.7 Å². The molecule has 3 heterocycles. The number of fused-ring (bicyclic) bond motifs is 1. The van der Waals surface area contributed by atoms with Gasteiger partial charge in [-0.15, -0.1) is 13.2 Å². The maximum absolute atomic E-state index is 14.4. The van der Waals surface area contributed by atoms with Crippen molar-refractivity contribution in [2.45, 2.75) is 89.6 Å². The van der Waals surface area contributed by atoms with E-state index in [1.54, 1.807) is 33.9 Å². The standard InChI is InChI=1S/C28H45N3O5/c1-8-12-19(6)30(16-10-3)27(35)24-28-14-13-21(36-28)22(25(33)29(7)15-9-2)23(28)26(34)31(24)20(17-32)18(5)11-4/h9-10,18-24,32H,2-3,8,11-17H2,1,4-7H3/t18-,19?,20-,21-,22+,23-,24?,28?/m0/s1. The van der Waals surface area contributed by atoms with Crippen LogP contribution in [0.1, 0.15) is 59.8 Å². The Morgan fingerprint density at radius 1 is 1.22 bits per heavy atom. The summed E-state index contributed by atoms with van der Waals surface area (Å²) in [6.45, 7) is 16.2. The number of carbonyl (C=O) groups is 3. The Kier molecular flexibility index (Phi) is 9.04. The fraction of sp³-hybridized carbons (Fsp3) is 0.750. The molecule has 0 aromatic rings. The second kappa shape index (κ2) is 11.5. The number of ether oxygens (including phenoxy) is 1. The molecular weight excluding hydrogens is 458 g/mol. The van der Waals surface area contributed by atoms with Gasteiger partial charge in [0.15, 0.2) is 0 Å². The molecule has 202 valence electrons. The zero-order valence-electron chi connectivity index (χ0n) is 22.7. The number of aliphatic hydroxyl groups excluding tert-OH is 1. The van der Waals surface area contributed by atoms with Crippen molar-refractivity contribution in [1.82, 2.24) is 14.7 Å². The summed E-state index contributed by atoms with van der Waals surface area (Å²) in [5.74, 6) is -1.99. The van der Waals surface area contributed by atoms with Crippen LogP contribution in [0.5, 0.6) is 0 Å². The largest absolute Gasteiger partial charge is 0.394 e. The number of likely N-dealkylation sites (N-methyl/N-ethyl adjacent to an activating group) is 1. The van der Waals surface area contributed by atoms with Crippen LogP contribution in [-0.4, -0.2) is 94.1 Å². The molecule has 36 heavy (non-hydrogen) atoms. The van der Waals surface area contributed by atoms with Crippen LogP contribution < -0.4 is 0 Å². The Labute approximate surface area is 216 Å². The van der Waals surface area contributed by atoms with Gasteiger partial charge in [0.25, 0.3) is 0 Å². The van der Waals surface area contributed by atoms with Gasteiger partial charge in [-0.3, -0.25) is 14.4 Å². The molecule has 0 radical (unpaired) electrons. The molecule has 3 aliphatic rings. The minimum Gasteiger partial charge on any atom is -0.394 e. The molecule has 2 bridgehead atoms. The molecule has 0 aliphatic carbocycles. The van der Waals surface area contributed by atoms with Crippen molar-refractivity contribution >= 4 is 17.7 Å². The topological polar surface area (TPSA) is 90.4 Å². The second-order valence-electron chi connectivity index (χ2n) is 10.9. The molecule has 3 aliphatic heterocycles. The maximum atomic E-state index is 14.4. The molecule has 0 saturated carbocycles. The predicted molar refractivity (Wildman–Crippen MR) is 139 cm³/mol. The highest BCUT2D eigenvalue weighted by Gasteiger charge is 2.75. The number of likely N-dealkylation sites (tertiary alicyclic amines) is 1. The van der Waals surface area contributed by atoms with E-state index < -0.39 is 35.6 Å². The van der Waals surface area contributed by atoms with Crippen molar-refractivity contribution in [3.8, 4) is 0 Å². The van der Waals surface area contributed by atoms with E-state index in [-0.39, 0.29) is 36.3 Å². The fourth-order valence-electron chi connectivity index (χ4n) is 6.72. The molecule has 8 nitrogen and oxygen atoms in total. The molecule has 8 atom stereocenters. The third kappa shape index (κ3) is 4.51. The monoisotopic (exact) mass is 503 g/mol. The van der Waals surface area contributed by atoms with Crippen LogP contribution in [0.15, 0.2) is 25.3 Å². The Morgan fingerprint density at radius 3 is 2.44 bits per heavy atom. The lowest BCUT2D eigenvalue weighted by atomic mass is 9.70. The Bertz CT molecular complexity index is 862. The molecule has 3 unspecified atom stereocenters. The van der Waals surface area contributed by atoms with E-state index in [0.29, 0.717) is 25.9 Å². The number of carbonyl (C=O) groups excluding carboxylic acids is 3. The fourth-order valence-corrected chi connectivity index (χ4v) is 6.72. The van der Waals surface area contributed by atoms with E-state index in [0.717, 1.165) is 19.3 Å². The van der Waals surface area contributed by atoms with E-state index in [1.807, 2.05) is 20.8 Å². The first-order chi connectivity index (χ1) is 17.1. The van der Waals surface area contributed by atoms with Crippen molar-refractivity contribution in [3.63, 3.8) is 0 Å². The quantitative estimate of drug-likeness (QED) is 0.390. The van der Waals surface area contributed by atoms with Crippen LogP contribution >= 0.6 is 0 Å². The van der Waals surface area contributed by atoms with Gasteiger partial charge < -0.3 is 24.5 Å². The van der Waals surface area contributed by atoms with Crippen LogP contribution in [0.4, 0.5) is 0 Å². The first-order valence-corrected chi connectivity index (χ1v) is 13.5. The highest BCUT2D eigenvalue weighted by atomic mass is 16.5. The minimum atomic E-state index is -1.07. The molecule has 3 saturated heterocycles. The molecule has 3 amide bonds. The van der Waals surface area contributed by atoms with Crippen LogP contribution in [0.2, 0.25) is 0 Å². The van der Waals surface area contributed by atoms with Crippen molar-refractivity contribution in [3.05, 3.63) is 25.3 Å². The summed E-state index contributed by atoms with van der Waals surface area (Å²) in [5, 5.41) is 10.4. The van der Waals surface area contributed by atoms with E-state index in [2.05, 4.69) is 20.1 Å². The molecule has 3 fully saturated rings. The van der Waals surface area contributed by atoms with Gasteiger partial charge in [0.1, 0.15) is 11.6 Å². The molecule has 8 heteroatoms. The number of aliphatic hydroxyl groups is 1. The van der Waals surface area contributed by atoms with Gasteiger partial charge in [-0.25, -0.2) is 0 Å². The average Bonchev–Trinajstić information content (AvgIpc) is 3.50. The van der Waals surface area contributed by atoms with Gasteiger partial charge in [-0.1, -0.05) is 45.8 Å². The van der Waals surface area contributed by atoms with Crippen molar-refractivity contribution < 1.29 is 24.2 Å². The number of amides is 3. The van der Waals surface area contributed by atoms with E-state index in [9.17, 15) is 19.5 Å². The molecule has 0 aromatic heterocycles. The van der Waals surface area contributed by atoms with Crippen LogP contribution in [0.3, 0.4) is 0 Å². The summed E-state index contributed by atoms with van der Waals surface area (Å²) in [4.78, 5) is 47.1. The lowest BCUT2D eigenvalue weighted by molar-refractivity contribution is -0.154. The van der Waals surface area contributed by atoms with Crippen LogP contribution in [0.25, 0.3) is 0 Å². The number of hydrogen-bond donors (Lipinski definition) is 1. The lowest BCUT2D eigenvalue weighted by Crippen LogP contribution is -2.60. The van der Waals surface area contributed by atoms with Crippen molar-refractivity contribution in [2.24, 2.45) is 17.8 Å². The van der Waals surface area contributed by atoms with Crippen LogP contribution in [0, 0.1) is 17.8 Å². The summed E-state index contributed by atoms with van der Waals surface area (Å²) in [6.07, 6.45) is 6.61. The summed E-state index contributed by atoms with van der Waals surface area (Å²) in [7, 11) is 1.70. The van der Waals surface area contributed by atoms with Gasteiger partial charge >= 0.3 is 0 Å². The molecule has 3 rings (SSSR count). The van der Waals surface area contributed by atoms with Crippen molar-refractivity contribution in [1.29, 1.82) is 0 Å². The third-order valence-electron chi connectivity index (χ3n) is 8.73. The Morgan fingerprint density at radius 2 is 1.89 bits per heavy atom. The summed E-state index contributed by atoms with van der Waals surface area (Å²) in [5.41, 5.74) is -1.07. The zero-order chi connectivity index (χ0) is 26.8. The van der Waals surface area contributed by atoms with Gasteiger partial charge in [0.05, 0.1) is 30.6 Å². The summed E-state index contributed by atoms with van der Waals surface area (Å²) in [6, 6.07) is -1.46. The van der Waals surface area contributed by atoms with Gasteiger partial charge in [-0.05, 0) is 32.1 Å². The Balaban J connectivity index is 2.12. The normalized spacial score (nSPS) is 31.1. The predicted octanol–water partition coefficient (Wildman–Crippen LogP) is 2.62. The summed E-state index contributed by atoms with van der Waals surface area (Å²) >= 11 is 0. The molecular formula is C28H45N3O5. The number of nitrogens with zero attached hydrogens (tertiary/aromatic N) is 3.